The van der Waals surface area contributed by atoms with Crippen LogP contribution in [0, 0.1) is 0 Å². The average Bonchev–Trinajstić information content (AvgIpc) is 3.22. The maximum absolute atomic E-state index is 12.7. The lowest BCUT2D eigenvalue weighted by Gasteiger charge is -2.34. The Kier molecular flexibility index (Phi) is 7.11. The molecule has 0 saturated carbocycles. The minimum atomic E-state index is -1.23. The number of hydrogen-bond acceptors (Lipinski definition) is 6. The van der Waals surface area contributed by atoms with Crippen molar-refractivity contribution in [2.24, 2.45) is 0 Å². The third-order valence-electron chi connectivity index (χ3n) is 5.45. The number of carbonyl (C=O) groups excluding carboxylic acids is 1. The van der Waals surface area contributed by atoms with Crippen LogP contribution in [-0.4, -0.2) is 88.6 Å². The number of morpholine rings is 1. The first kappa shape index (κ1) is 22.1. The number of nitrogens with zero attached hydrogens (tertiary/aromatic N) is 5. The van der Waals surface area contributed by atoms with Gasteiger partial charge in [-0.1, -0.05) is 17.7 Å². The number of anilines is 2. The summed E-state index contributed by atoms with van der Waals surface area (Å²) in [5.74, 6) is 0.422. The van der Waals surface area contributed by atoms with Crippen molar-refractivity contribution in [3.8, 4) is 0 Å². The molecule has 0 spiro atoms. The van der Waals surface area contributed by atoms with Gasteiger partial charge in [0.05, 0.1) is 23.9 Å². The number of hydrogen-bond donors (Lipinski definition) is 1. The van der Waals surface area contributed by atoms with Gasteiger partial charge in [0.15, 0.2) is 5.82 Å². The van der Waals surface area contributed by atoms with Crippen molar-refractivity contribution in [2.45, 2.75) is 6.54 Å². The van der Waals surface area contributed by atoms with Crippen molar-refractivity contribution in [3.63, 3.8) is 0 Å². The van der Waals surface area contributed by atoms with Crippen molar-refractivity contribution in [1.29, 1.82) is 0 Å². The van der Waals surface area contributed by atoms with E-state index >= 15 is 0 Å². The molecule has 2 saturated heterocycles. The molecule has 11 heteroatoms. The van der Waals surface area contributed by atoms with Gasteiger partial charge in [-0.3, -0.25) is 9.62 Å². The first-order chi connectivity index (χ1) is 15.0. The van der Waals surface area contributed by atoms with Gasteiger partial charge < -0.3 is 14.5 Å². The highest BCUT2D eigenvalue weighted by Crippen LogP contribution is 2.28. The fraction of sp³-hybridized carbons (Fsp3) is 0.500. The van der Waals surface area contributed by atoms with E-state index in [0.717, 1.165) is 62.2 Å². The summed E-state index contributed by atoms with van der Waals surface area (Å²) in [6.45, 7) is 6.79. The molecule has 168 valence electrons. The molecule has 2 aromatic rings. The third-order valence-corrected chi connectivity index (χ3v) is 6.25. The molecule has 1 aromatic carbocycles. The Morgan fingerprint density at radius 3 is 2.58 bits per heavy atom. The Morgan fingerprint density at radius 1 is 1.16 bits per heavy atom. The highest BCUT2D eigenvalue weighted by Gasteiger charge is 2.23. The summed E-state index contributed by atoms with van der Waals surface area (Å²) in [6.07, 6.45) is 3.10. The lowest BCUT2D eigenvalue weighted by Crippen LogP contribution is -2.49. The number of nitrogens with one attached hydrogen (secondary N) is 1. The molecule has 1 aromatic heterocycles. The fourth-order valence-electron chi connectivity index (χ4n) is 3.84. The Labute approximate surface area is 189 Å². The molecule has 3 heterocycles. The van der Waals surface area contributed by atoms with Crippen molar-refractivity contribution >= 4 is 40.1 Å². The molecule has 1 unspecified atom stereocenters. The summed E-state index contributed by atoms with van der Waals surface area (Å²) < 4.78 is 20.6. The van der Waals surface area contributed by atoms with Crippen LogP contribution in [0.2, 0.25) is 5.02 Å². The molecule has 0 radical (unpaired) electrons. The molecule has 0 aliphatic carbocycles. The monoisotopic (exact) mass is 466 g/mol. The molecule has 0 bridgehead atoms. The molecular weight excluding hydrogens is 440 g/mol. The van der Waals surface area contributed by atoms with Gasteiger partial charge in [-0.05, 0) is 17.7 Å². The summed E-state index contributed by atoms with van der Waals surface area (Å²) in [4.78, 5) is 19.0. The standard InChI is InChI=1S/C20H27ClN6O3S/c1-31(29)23-19-4-5-27(22-19)20(28)26-8-6-24(7-9-26)15-16-2-3-18(17(21)14-16)25-10-12-30-13-11-25/h2-5,14H,6-13,15H2,1H3,(H,22,23). The van der Waals surface area contributed by atoms with Crippen LogP contribution < -0.4 is 9.62 Å². The third kappa shape index (κ3) is 5.57. The normalized spacial score (nSPS) is 18.8. The van der Waals surface area contributed by atoms with Gasteiger partial charge in [-0.15, -0.1) is 5.10 Å². The molecule has 2 aliphatic rings. The van der Waals surface area contributed by atoms with E-state index < -0.39 is 11.0 Å². The van der Waals surface area contributed by atoms with E-state index in [4.69, 9.17) is 16.3 Å². The van der Waals surface area contributed by atoms with Crippen LogP contribution in [0.25, 0.3) is 0 Å². The second-order valence-electron chi connectivity index (χ2n) is 7.63. The smallest absolute Gasteiger partial charge is 0.344 e. The molecule has 2 fully saturated rings. The molecule has 1 atom stereocenters. The fourth-order valence-corrected chi connectivity index (χ4v) is 4.57. The Bertz CT molecular complexity index is 941. The zero-order valence-electron chi connectivity index (χ0n) is 17.5. The largest absolute Gasteiger partial charge is 0.378 e. The number of carbonyl (C=O) groups is 1. The maximum atomic E-state index is 12.7. The van der Waals surface area contributed by atoms with Crippen LogP contribution in [-0.2, 0) is 22.3 Å². The van der Waals surface area contributed by atoms with Crippen molar-refractivity contribution in [1.82, 2.24) is 19.6 Å². The van der Waals surface area contributed by atoms with Crippen LogP contribution in [0.1, 0.15) is 5.56 Å². The van der Waals surface area contributed by atoms with Gasteiger partial charge >= 0.3 is 6.03 Å². The second-order valence-corrected chi connectivity index (χ2v) is 9.15. The topological polar surface area (TPSA) is 82.9 Å². The summed E-state index contributed by atoms with van der Waals surface area (Å²) in [5, 5.41) is 4.92. The van der Waals surface area contributed by atoms with Crippen LogP contribution in [0.3, 0.4) is 0 Å². The van der Waals surface area contributed by atoms with E-state index in [0.29, 0.717) is 18.9 Å². The predicted molar refractivity (Wildman–Crippen MR) is 122 cm³/mol. The van der Waals surface area contributed by atoms with Crippen LogP contribution >= 0.6 is 11.6 Å². The molecule has 4 rings (SSSR count). The van der Waals surface area contributed by atoms with E-state index in [1.807, 2.05) is 6.07 Å². The van der Waals surface area contributed by atoms with E-state index in [1.54, 1.807) is 17.2 Å². The van der Waals surface area contributed by atoms with Crippen LogP contribution in [0.15, 0.2) is 30.5 Å². The summed E-state index contributed by atoms with van der Waals surface area (Å²) >= 11 is 6.56. The van der Waals surface area contributed by atoms with E-state index in [1.165, 1.54) is 10.9 Å². The molecule has 2 aliphatic heterocycles. The van der Waals surface area contributed by atoms with Gasteiger partial charge in [0.25, 0.3) is 0 Å². The van der Waals surface area contributed by atoms with Gasteiger partial charge in [0.1, 0.15) is 11.0 Å². The Morgan fingerprint density at radius 2 is 1.90 bits per heavy atom. The maximum Gasteiger partial charge on any atom is 0.344 e. The van der Waals surface area contributed by atoms with Crippen LogP contribution in [0.4, 0.5) is 16.3 Å². The van der Waals surface area contributed by atoms with Gasteiger partial charge in [-0.25, -0.2) is 9.00 Å². The molecule has 31 heavy (non-hydrogen) atoms. The quantitative estimate of drug-likeness (QED) is 0.724. The molecule has 1 N–H and O–H groups in total. The SMILES string of the molecule is CS(=O)Nc1ccn(C(=O)N2CCN(Cc3ccc(N4CCOCC4)c(Cl)c3)CC2)n1. The van der Waals surface area contributed by atoms with Crippen molar-refractivity contribution in [2.75, 3.05) is 68.4 Å². The number of ether oxygens (including phenoxy) is 1. The first-order valence-corrected chi connectivity index (χ1v) is 12.2. The zero-order chi connectivity index (χ0) is 21.8. The summed E-state index contributed by atoms with van der Waals surface area (Å²) in [5.41, 5.74) is 2.22. The number of amides is 1. The van der Waals surface area contributed by atoms with Gasteiger partial charge in [0.2, 0.25) is 0 Å². The summed E-state index contributed by atoms with van der Waals surface area (Å²) in [7, 11) is -1.23. The predicted octanol–water partition coefficient (Wildman–Crippen LogP) is 1.86. The molecular formula is C20H27ClN6O3S. The molecule has 1 amide bonds. The van der Waals surface area contributed by atoms with E-state index in [2.05, 4.69) is 31.8 Å². The lowest BCUT2D eigenvalue weighted by atomic mass is 10.1. The number of halogens is 1. The van der Waals surface area contributed by atoms with Crippen molar-refractivity contribution in [3.05, 3.63) is 41.0 Å². The minimum absolute atomic E-state index is 0.174. The number of rotatable bonds is 5. The average molecular weight is 467 g/mol. The minimum Gasteiger partial charge on any atom is -0.378 e. The van der Waals surface area contributed by atoms with Crippen LogP contribution in [0.5, 0.6) is 0 Å². The number of benzene rings is 1. The van der Waals surface area contributed by atoms with E-state index in [9.17, 15) is 9.00 Å². The highest BCUT2D eigenvalue weighted by molar-refractivity contribution is 7.85. The number of aromatic nitrogens is 2. The highest BCUT2D eigenvalue weighted by atomic mass is 35.5. The Balaban J connectivity index is 1.30. The summed E-state index contributed by atoms with van der Waals surface area (Å²) in [6, 6.07) is 7.73. The van der Waals surface area contributed by atoms with Gasteiger partial charge in [0, 0.05) is 64.3 Å². The van der Waals surface area contributed by atoms with Crippen molar-refractivity contribution < 1.29 is 13.7 Å². The van der Waals surface area contributed by atoms with Gasteiger partial charge in [-0.2, -0.15) is 4.68 Å². The second kappa shape index (κ2) is 9.99. The number of piperazine rings is 1. The lowest BCUT2D eigenvalue weighted by molar-refractivity contribution is 0.122. The molecule has 9 nitrogen and oxygen atoms in total. The first-order valence-electron chi connectivity index (χ1n) is 10.3. The zero-order valence-corrected chi connectivity index (χ0v) is 19.1. The Hall–Kier alpha value is -2.14. The van der Waals surface area contributed by atoms with E-state index in [-0.39, 0.29) is 6.03 Å².